The van der Waals surface area contributed by atoms with Crippen molar-refractivity contribution in [3.05, 3.63) is 34.6 Å². The van der Waals surface area contributed by atoms with Crippen molar-refractivity contribution < 1.29 is 9.50 Å². The van der Waals surface area contributed by atoms with Crippen molar-refractivity contribution in [1.29, 1.82) is 0 Å². The van der Waals surface area contributed by atoms with Gasteiger partial charge in [0.1, 0.15) is 5.82 Å². The Labute approximate surface area is 112 Å². The van der Waals surface area contributed by atoms with Gasteiger partial charge < -0.3 is 10.4 Å². The van der Waals surface area contributed by atoms with Crippen LogP contribution in [0, 0.1) is 11.7 Å². The van der Waals surface area contributed by atoms with E-state index >= 15 is 0 Å². The Bertz CT molecular complexity index is 391. The Morgan fingerprint density at radius 1 is 1.28 bits per heavy atom. The van der Waals surface area contributed by atoms with Crippen molar-refractivity contribution in [2.45, 2.75) is 38.3 Å². The van der Waals surface area contributed by atoms with E-state index in [2.05, 4.69) is 5.32 Å². The largest absolute Gasteiger partial charge is 0.396 e. The lowest BCUT2D eigenvalue weighted by atomic mass is 9.86. The fourth-order valence-electron chi connectivity index (χ4n) is 2.49. The van der Waals surface area contributed by atoms with E-state index in [4.69, 9.17) is 16.7 Å². The van der Waals surface area contributed by atoms with Crippen LogP contribution < -0.4 is 5.32 Å². The van der Waals surface area contributed by atoms with Gasteiger partial charge in [0, 0.05) is 24.8 Å². The predicted molar refractivity (Wildman–Crippen MR) is 71.1 cm³/mol. The van der Waals surface area contributed by atoms with Crippen molar-refractivity contribution in [2.75, 3.05) is 6.61 Å². The zero-order valence-corrected chi connectivity index (χ0v) is 11.1. The number of benzene rings is 1. The van der Waals surface area contributed by atoms with E-state index in [0.717, 1.165) is 25.7 Å². The second-order valence-corrected chi connectivity index (χ2v) is 5.40. The van der Waals surface area contributed by atoms with Gasteiger partial charge in [-0.1, -0.05) is 23.7 Å². The molecule has 0 atom stereocenters. The van der Waals surface area contributed by atoms with Crippen molar-refractivity contribution in [3.63, 3.8) is 0 Å². The van der Waals surface area contributed by atoms with Gasteiger partial charge in [-0.2, -0.15) is 0 Å². The Morgan fingerprint density at radius 2 is 2.00 bits per heavy atom. The molecule has 2 N–H and O–H groups in total. The number of rotatable bonds is 4. The number of aliphatic hydroxyl groups is 1. The summed E-state index contributed by atoms with van der Waals surface area (Å²) in [6.07, 6.45) is 4.19. The quantitative estimate of drug-likeness (QED) is 0.882. The first-order chi connectivity index (χ1) is 8.70. The molecule has 1 aliphatic carbocycles. The molecule has 1 fully saturated rings. The molecule has 0 unspecified atom stereocenters. The monoisotopic (exact) mass is 271 g/mol. The van der Waals surface area contributed by atoms with Crippen LogP contribution in [0.4, 0.5) is 4.39 Å². The summed E-state index contributed by atoms with van der Waals surface area (Å²) in [5.74, 6) is 0.127. The average molecular weight is 272 g/mol. The van der Waals surface area contributed by atoms with Gasteiger partial charge in [0.2, 0.25) is 0 Å². The van der Waals surface area contributed by atoms with Crippen LogP contribution in [0.3, 0.4) is 0 Å². The molecule has 18 heavy (non-hydrogen) atoms. The molecule has 0 aliphatic heterocycles. The van der Waals surface area contributed by atoms with E-state index < -0.39 is 0 Å². The number of halogens is 2. The van der Waals surface area contributed by atoms with E-state index in [1.165, 1.54) is 0 Å². The summed E-state index contributed by atoms with van der Waals surface area (Å²) < 4.78 is 13.7. The summed E-state index contributed by atoms with van der Waals surface area (Å²) in [4.78, 5) is 0. The molecule has 0 spiro atoms. The lowest BCUT2D eigenvalue weighted by molar-refractivity contribution is 0.175. The minimum Gasteiger partial charge on any atom is -0.396 e. The normalized spacial score (nSPS) is 24.2. The average Bonchev–Trinajstić information content (AvgIpc) is 2.41. The number of hydrogen-bond acceptors (Lipinski definition) is 2. The Kier molecular flexibility index (Phi) is 4.98. The smallest absolute Gasteiger partial charge is 0.146 e. The van der Waals surface area contributed by atoms with Crippen LogP contribution in [0.1, 0.15) is 31.2 Å². The second kappa shape index (κ2) is 6.50. The van der Waals surface area contributed by atoms with Crippen molar-refractivity contribution >= 4 is 11.6 Å². The topological polar surface area (TPSA) is 32.3 Å². The lowest BCUT2D eigenvalue weighted by Gasteiger charge is -2.28. The Balaban J connectivity index is 1.83. The molecule has 2 nitrogen and oxygen atoms in total. The van der Waals surface area contributed by atoms with Crippen LogP contribution in [0.15, 0.2) is 18.2 Å². The highest BCUT2D eigenvalue weighted by Gasteiger charge is 2.20. The molecule has 0 saturated heterocycles. The summed E-state index contributed by atoms with van der Waals surface area (Å²) in [6.45, 7) is 0.802. The molecule has 1 aromatic carbocycles. The summed E-state index contributed by atoms with van der Waals surface area (Å²) >= 11 is 5.74. The predicted octanol–water partition coefficient (Wildman–Crippen LogP) is 3.12. The SMILES string of the molecule is OCC1CCC(NCc2cccc(Cl)c2F)CC1. The minimum atomic E-state index is -0.323. The molecule has 1 saturated carbocycles. The van der Waals surface area contributed by atoms with Crippen molar-refractivity contribution in [3.8, 4) is 0 Å². The fraction of sp³-hybridized carbons (Fsp3) is 0.571. The number of hydrogen-bond donors (Lipinski definition) is 2. The van der Waals surface area contributed by atoms with Gasteiger partial charge in [0.25, 0.3) is 0 Å². The highest BCUT2D eigenvalue weighted by Crippen LogP contribution is 2.24. The zero-order chi connectivity index (χ0) is 13.0. The third kappa shape index (κ3) is 3.44. The van der Waals surface area contributed by atoms with Gasteiger partial charge in [0.05, 0.1) is 5.02 Å². The van der Waals surface area contributed by atoms with Gasteiger partial charge in [-0.25, -0.2) is 4.39 Å². The maximum atomic E-state index is 13.7. The summed E-state index contributed by atoms with van der Waals surface area (Å²) in [7, 11) is 0. The molecular weight excluding hydrogens is 253 g/mol. The first-order valence-electron chi connectivity index (χ1n) is 6.48. The van der Waals surface area contributed by atoms with Gasteiger partial charge in [-0.15, -0.1) is 0 Å². The molecule has 0 heterocycles. The molecular formula is C14H19ClFNO. The van der Waals surface area contributed by atoms with Crippen LogP contribution in [0.2, 0.25) is 5.02 Å². The van der Waals surface area contributed by atoms with Crippen LogP contribution in [-0.2, 0) is 6.54 Å². The van der Waals surface area contributed by atoms with Gasteiger partial charge >= 0.3 is 0 Å². The number of nitrogens with one attached hydrogen (secondary N) is 1. The third-order valence-electron chi connectivity index (χ3n) is 3.72. The summed E-state index contributed by atoms with van der Waals surface area (Å²) in [5, 5.41) is 12.6. The van der Waals surface area contributed by atoms with Crippen LogP contribution in [0.25, 0.3) is 0 Å². The molecule has 1 aliphatic rings. The summed E-state index contributed by atoms with van der Waals surface area (Å²) in [5.41, 5.74) is 0.617. The lowest BCUT2D eigenvalue weighted by Crippen LogP contribution is -2.33. The van der Waals surface area contributed by atoms with Crippen LogP contribution in [-0.4, -0.2) is 17.8 Å². The van der Waals surface area contributed by atoms with E-state index in [0.29, 0.717) is 24.1 Å². The van der Waals surface area contributed by atoms with Crippen molar-refractivity contribution in [1.82, 2.24) is 5.32 Å². The molecule has 0 radical (unpaired) electrons. The maximum absolute atomic E-state index is 13.7. The molecule has 0 amide bonds. The van der Waals surface area contributed by atoms with Crippen molar-refractivity contribution in [2.24, 2.45) is 5.92 Å². The zero-order valence-electron chi connectivity index (χ0n) is 10.3. The highest BCUT2D eigenvalue weighted by molar-refractivity contribution is 6.30. The first kappa shape index (κ1) is 13.8. The van der Waals surface area contributed by atoms with E-state index in [-0.39, 0.29) is 17.4 Å². The van der Waals surface area contributed by atoms with E-state index in [1.54, 1.807) is 18.2 Å². The Morgan fingerprint density at radius 3 is 2.67 bits per heavy atom. The fourth-order valence-corrected chi connectivity index (χ4v) is 2.68. The first-order valence-corrected chi connectivity index (χ1v) is 6.85. The third-order valence-corrected chi connectivity index (χ3v) is 4.01. The van der Waals surface area contributed by atoms with Crippen LogP contribution >= 0.6 is 11.6 Å². The van der Waals surface area contributed by atoms with E-state index in [1.807, 2.05) is 0 Å². The molecule has 4 heteroatoms. The second-order valence-electron chi connectivity index (χ2n) is 4.99. The maximum Gasteiger partial charge on any atom is 0.146 e. The van der Waals surface area contributed by atoms with Gasteiger partial charge in [0.15, 0.2) is 0 Å². The molecule has 1 aromatic rings. The van der Waals surface area contributed by atoms with Gasteiger partial charge in [-0.3, -0.25) is 0 Å². The molecule has 100 valence electrons. The number of aliphatic hydroxyl groups excluding tert-OH is 1. The molecule has 0 aromatic heterocycles. The van der Waals surface area contributed by atoms with Gasteiger partial charge in [-0.05, 0) is 37.7 Å². The van der Waals surface area contributed by atoms with E-state index in [9.17, 15) is 4.39 Å². The molecule has 0 bridgehead atoms. The standard InChI is InChI=1S/C14H19ClFNO/c15-13-3-1-2-11(14(13)16)8-17-12-6-4-10(9-18)5-7-12/h1-3,10,12,17-18H,4-9H2. The highest BCUT2D eigenvalue weighted by atomic mass is 35.5. The minimum absolute atomic E-state index is 0.179. The van der Waals surface area contributed by atoms with Crippen LogP contribution in [0.5, 0.6) is 0 Å². The summed E-state index contributed by atoms with van der Waals surface area (Å²) in [6, 6.07) is 5.51. The Hall–Kier alpha value is -0.640. The molecule has 2 rings (SSSR count).